The zero-order valence-electron chi connectivity index (χ0n) is 7.38. The Morgan fingerprint density at radius 2 is 1.57 bits per heavy atom. The second-order valence-corrected chi connectivity index (χ2v) is 2.54. The molecule has 0 fully saturated rings. The van der Waals surface area contributed by atoms with Crippen LogP contribution >= 0.6 is 0 Å². The molecule has 2 N–H and O–H groups in total. The van der Waals surface area contributed by atoms with Crippen LogP contribution in [-0.2, 0) is 0 Å². The minimum absolute atomic E-state index is 0.512. The third-order valence-electron chi connectivity index (χ3n) is 1.53. The van der Waals surface area contributed by atoms with Crippen molar-refractivity contribution in [2.24, 2.45) is 0 Å². The minimum Gasteiger partial charge on any atom is -0.282 e. The number of anilines is 2. The Morgan fingerprint density at radius 1 is 0.786 bits per heavy atom. The summed E-state index contributed by atoms with van der Waals surface area (Å²) in [5.41, 5.74) is 5.70. The molecule has 0 aliphatic carbocycles. The van der Waals surface area contributed by atoms with Gasteiger partial charge in [-0.3, -0.25) is 10.9 Å². The topological polar surface area (TPSA) is 62.7 Å². The molecule has 0 aromatic carbocycles. The summed E-state index contributed by atoms with van der Waals surface area (Å²) >= 11 is 0. The van der Waals surface area contributed by atoms with Gasteiger partial charge in [0.25, 0.3) is 0 Å². The van der Waals surface area contributed by atoms with Gasteiger partial charge < -0.3 is 0 Å². The van der Waals surface area contributed by atoms with E-state index in [1.807, 2.05) is 18.2 Å². The van der Waals surface area contributed by atoms with E-state index >= 15 is 0 Å². The van der Waals surface area contributed by atoms with Gasteiger partial charge in [0.05, 0.1) is 0 Å². The van der Waals surface area contributed by atoms with Crippen LogP contribution in [0.2, 0.25) is 0 Å². The molecule has 0 saturated heterocycles. The van der Waals surface area contributed by atoms with Crippen LogP contribution in [-0.4, -0.2) is 15.0 Å². The molecule has 0 unspecified atom stereocenters. The Hall–Kier alpha value is -2.17. The molecule has 0 bridgehead atoms. The van der Waals surface area contributed by atoms with Gasteiger partial charge >= 0.3 is 0 Å². The average Bonchev–Trinajstić information content (AvgIpc) is 2.29. The van der Waals surface area contributed by atoms with Crippen LogP contribution in [0.1, 0.15) is 0 Å². The van der Waals surface area contributed by atoms with Gasteiger partial charge in [0.15, 0.2) is 0 Å². The van der Waals surface area contributed by atoms with E-state index in [4.69, 9.17) is 0 Å². The van der Waals surface area contributed by atoms with E-state index in [2.05, 4.69) is 25.8 Å². The third-order valence-corrected chi connectivity index (χ3v) is 1.53. The van der Waals surface area contributed by atoms with Crippen LogP contribution in [0, 0.1) is 0 Å². The van der Waals surface area contributed by atoms with Crippen LogP contribution in [0.3, 0.4) is 0 Å². The first-order chi connectivity index (χ1) is 6.95. The van der Waals surface area contributed by atoms with Crippen LogP contribution in [0.4, 0.5) is 11.8 Å². The van der Waals surface area contributed by atoms with Crippen LogP contribution in [0.25, 0.3) is 0 Å². The van der Waals surface area contributed by atoms with Gasteiger partial charge in [-0.1, -0.05) is 6.07 Å². The zero-order valence-corrected chi connectivity index (χ0v) is 7.38. The molecule has 70 valence electrons. The predicted octanol–water partition coefficient (Wildman–Crippen LogP) is 1.31. The maximum absolute atomic E-state index is 4.06. The summed E-state index contributed by atoms with van der Waals surface area (Å²) in [6.07, 6.45) is 5.03. The fraction of sp³-hybridized carbons (Fsp3) is 0. The van der Waals surface area contributed by atoms with Gasteiger partial charge in [0.1, 0.15) is 5.82 Å². The number of pyridine rings is 1. The van der Waals surface area contributed by atoms with E-state index in [0.717, 1.165) is 5.82 Å². The molecule has 2 rings (SSSR count). The molecule has 2 aromatic rings. The lowest BCUT2D eigenvalue weighted by Gasteiger charge is -2.05. The number of rotatable bonds is 3. The Kier molecular flexibility index (Phi) is 2.51. The van der Waals surface area contributed by atoms with E-state index in [0.29, 0.717) is 5.95 Å². The highest BCUT2D eigenvalue weighted by atomic mass is 15.4. The monoisotopic (exact) mass is 187 g/mol. The van der Waals surface area contributed by atoms with Crippen molar-refractivity contribution in [1.82, 2.24) is 15.0 Å². The van der Waals surface area contributed by atoms with Crippen molar-refractivity contribution in [2.45, 2.75) is 0 Å². The van der Waals surface area contributed by atoms with Crippen molar-refractivity contribution < 1.29 is 0 Å². The highest BCUT2D eigenvalue weighted by Crippen LogP contribution is 2.00. The first-order valence-corrected chi connectivity index (χ1v) is 4.15. The summed E-state index contributed by atoms with van der Waals surface area (Å²) < 4.78 is 0. The molecule has 5 nitrogen and oxygen atoms in total. The Labute approximate surface area is 81.2 Å². The van der Waals surface area contributed by atoms with Gasteiger partial charge in [-0.15, -0.1) is 0 Å². The molecule has 0 spiro atoms. The third kappa shape index (κ3) is 2.16. The Balaban J connectivity index is 1.96. The van der Waals surface area contributed by atoms with Crippen molar-refractivity contribution in [3.63, 3.8) is 0 Å². The Morgan fingerprint density at radius 3 is 2.29 bits per heavy atom. The number of hydrazine groups is 1. The van der Waals surface area contributed by atoms with Crippen molar-refractivity contribution in [3.05, 3.63) is 42.9 Å². The summed E-state index contributed by atoms with van der Waals surface area (Å²) in [5, 5.41) is 0. The van der Waals surface area contributed by atoms with Crippen LogP contribution in [0.5, 0.6) is 0 Å². The molecular formula is C9H9N5. The van der Waals surface area contributed by atoms with Crippen molar-refractivity contribution >= 4 is 11.8 Å². The minimum atomic E-state index is 0.512. The van der Waals surface area contributed by atoms with Crippen molar-refractivity contribution in [2.75, 3.05) is 10.9 Å². The van der Waals surface area contributed by atoms with E-state index in [-0.39, 0.29) is 0 Å². The van der Waals surface area contributed by atoms with Gasteiger partial charge in [0, 0.05) is 18.6 Å². The lowest BCUT2D eigenvalue weighted by molar-refractivity contribution is 1.13. The lowest BCUT2D eigenvalue weighted by atomic mass is 10.5. The quantitative estimate of drug-likeness (QED) is 0.709. The highest BCUT2D eigenvalue weighted by Gasteiger charge is 1.92. The molecule has 0 aliphatic heterocycles. The lowest BCUT2D eigenvalue weighted by Crippen LogP contribution is -2.11. The molecule has 14 heavy (non-hydrogen) atoms. The van der Waals surface area contributed by atoms with Crippen LogP contribution < -0.4 is 10.9 Å². The molecule has 2 heterocycles. The second kappa shape index (κ2) is 4.18. The number of hydrogen-bond acceptors (Lipinski definition) is 5. The largest absolute Gasteiger partial charge is 0.282 e. The SMILES string of the molecule is c1ccc(NNc2ncccn2)nc1. The van der Waals surface area contributed by atoms with E-state index in [1.165, 1.54) is 0 Å². The normalized spacial score (nSPS) is 9.43. The molecule has 0 atom stereocenters. The summed E-state index contributed by atoms with van der Waals surface area (Å²) in [5.74, 6) is 1.23. The number of nitrogens with zero attached hydrogens (tertiary/aromatic N) is 3. The van der Waals surface area contributed by atoms with Crippen molar-refractivity contribution in [3.8, 4) is 0 Å². The first kappa shape index (κ1) is 8.43. The van der Waals surface area contributed by atoms with E-state index in [9.17, 15) is 0 Å². The van der Waals surface area contributed by atoms with Gasteiger partial charge in [0.2, 0.25) is 5.95 Å². The number of nitrogens with one attached hydrogen (secondary N) is 2. The fourth-order valence-electron chi connectivity index (χ4n) is 0.920. The average molecular weight is 187 g/mol. The molecule has 0 aliphatic rings. The van der Waals surface area contributed by atoms with Crippen LogP contribution in [0.15, 0.2) is 42.9 Å². The van der Waals surface area contributed by atoms with Gasteiger partial charge in [-0.2, -0.15) is 0 Å². The molecule has 0 saturated carbocycles. The maximum atomic E-state index is 4.06. The summed E-state index contributed by atoms with van der Waals surface area (Å²) in [6.45, 7) is 0. The van der Waals surface area contributed by atoms with Gasteiger partial charge in [-0.25, -0.2) is 15.0 Å². The standard InChI is InChI=1S/C9H9N5/c1-2-5-10-8(4-1)13-14-9-11-6-3-7-12-9/h1-7H,(H,10,13)(H,11,12,14). The van der Waals surface area contributed by atoms with Crippen molar-refractivity contribution in [1.29, 1.82) is 0 Å². The zero-order chi connectivity index (χ0) is 9.64. The fourth-order valence-corrected chi connectivity index (χ4v) is 0.920. The van der Waals surface area contributed by atoms with Gasteiger partial charge in [-0.05, 0) is 18.2 Å². The van der Waals surface area contributed by atoms with E-state index < -0.39 is 0 Å². The van der Waals surface area contributed by atoms with E-state index in [1.54, 1.807) is 24.7 Å². The maximum Gasteiger partial charge on any atom is 0.241 e. The second-order valence-electron chi connectivity index (χ2n) is 2.54. The Bertz CT molecular complexity index is 335. The molecule has 0 amide bonds. The number of hydrogen-bond donors (Lipinski definition) is 2. The molecule has 0 radical (unpaired) electrons. The molecule has 2 aromatic heterocycles. The molecule has 5 heteroatoms. The number of aromatic nitrogens is 3. The highest BCUT2D eigenvalue weighted by molar-refractivity contribution is 5.39. The smallest absolute Gasteiger partial charge is 0.241 e. The first-order valence-electron chi connectivity index (χ1n) is 4.15. The summed E-state index contributed by atoms with van der Waals surface area (Å²) in [7, 11) is 0. The predicted molar refractivity (Wildman–Crippen MR) is 53.5 cm³/mol. The molecular weight excluding hydrogens is 178 g/mol. The summed E-state index contributed by atoms with van der Waals surface area (Å²) in [4.78, 5) is 12.0. The summed E-state index contributed by atoms with van der Waals surface area (Å²) in [6, 6.07) is 7.34.